The number of hydrogen-bond donors (Lipinski definition) is 0. The summed E-state index contributed by atoms with van der Waals surface area (Å²) in [6.07, 6.45) is 4.96. The number of unbranched alkanes of at least 4 members (excludes halogenated alkanes) is 2. The predicted octanol–water partition coefficient (Wildman–Crippen LogP) is 8.27. The fourth-order valence-corrected chi connectivity index (χ4v) is 5.51. The highest BCUT2D eigenvalue weighted by atomic mass is 16.5. The zero-order valence-electron chi connectivity index (χ0n) is 24.8. The third-order valence-electron chi connectivity index (χ3n) is 8.13. The fourth-order valence-electron chi connectivity index (χ4n) is 5.51. The molecule has 0 spiro atoms. The van der Waals surface area contributed by atoms with Gasteiger partial charge in [0.2, 0.25) is 0 Å². The van der Waals surface area contributed by atoms with Gasteiger partial charge in [0.15, 0.2) is 0 Å². The molecule has 1 aliphatic rings. The smallest absolute Gasteiger partial charge is 0.337 e. The monoisotopic (exact) mass is 542 g/mol. The average molecular weight is 543 g/mol. The Morgan fingerprint density at radius 1 is 0.725 bits per heavy atom. The van der Waals surface area contributed by atoms with Crippen molar-refractivity contribution in [1.82, 2.24) is 0 Å². The van der Waals surface area contributed by atoms with Crippen LogP contribution in [0.1, 0.15) is 88.2 Å². The molecule has 1 aliphatic carbocycles. The number of rotatable bonds is 10. The SMILES string of the molecule is COC(=O)c1ccc(-c2ccc(OCCCCCOC(C)=O)c(-c3ccc4c(c3)C(C)(C)CCC4(C)C)c2)cc1. The molecular formula is C35H42O5. The number of carbonyl (C=O) groups excluding carboxylic acids is 2. The van der Waals surface area contributed by atoms with E-state index in [1.807, 2.05) is 18.2 Å². The van der Waals surface area contributed by atoms with E-state index in [2.05, 4.69) is 58.0 Å². The van der Waals surface area contributed by atoms with Gasteiger partial charge >= 0.3 is 11.9 Å². The Bertz CT molecular complexity index is 1350. The summed E-state index contributed by atoms with van der Waals surface area (Å²) in [5.74, 6) is 0.267. The maximum absolute atomic E-state index is 11.9. The van der Waals surface area contributed by atoms with Crippen molar-refractivity contribution >= 4 is 11.9 Å². The van der Waals surface area contributed by atoms with Gasteiger partial charge in [0, 0.05) is 12.5 Å². The maximum Gasteiger partial charge on any atom is 0.337 e. The Balaban J connectivity index is 1.65. The second kappa shape index (κ2) is 12.3. The van der Waals surface area contributed by atoms with Gasteiger partial charge in [-0.25, -0.2) is 4.79 Å². The second-order valence-electron chi connectivity index (χ2n) is 12.1. The van der Waals surface area contributed by atoms with Crippen LogP contribution in [0.4, 0.5) is 0 Å². The van der Waals surface area contributed by atoms with Crippen LogP contribution in [0.3, 0.4) is 0 Å². The summed E-state index contributed by atoms with van der Waals surface area (Å²) in [5.41, 5.74) is 7.88. The third-order valence-corrected chi connectivity index (χ3v) is 8.13. The van der Waals surface area contributed by atoms with E-state index in [1.165, 1.54) is 31.6 Å². The number of hydrogen-bond acceptors (Lipinski definition) is 5. The molecule has 4 rings (SSSR count). The molecule has 0 radical (unpaired) electrons. The summed E-state index contributed by atoms with van der Waals surface area (Å²) in [4.78, 5) is 22.9. The van der Waals surface area contributed by atoms with Gasteiger partial charge in [0.05, 0.1) is 25.9 Å². The van der Waals surface area contributed by atoms with Crippen LogP contribution in [0.15, 0.2) is 60.7 Å². The fraction of sp³-hybridized carbons (Fsp3) is 0.429. The van der Waals surface area contributed by atoms with Gasteiger partial charge in [-0.05, 0) is 95.0 Å². The van der Waals surface area contributed by atoms with Gasteiger partial charge in [-0.3, -0.25) is 4.79 Å². The first kappa shape index (κ1) is 29.4. The van der Waals surface area contributed by atoms with Gasteiger partial charge in [-0.2, -0.15) is 0 Å². The Hall–Kier alpha value is -3.60. The highest BCUT2D eigenvalue weighted by Gasteiger charge is 2.37. The van der Waals surface area contributed by atoms with Gasteiger partial charge in [0.25, 0.3) is 0 Å². The molecule has 0 aromatic heterocycles. The molecule has 0 unspecified atom stereocenters. The Labute approximate surface area is 238 Å². The number of esters is 2. The minimum atomic E-state index is -0.344. The molecule has 0 saturated carbocycles. The van der Waals surface area contributed by atoms with E-state index in [1.54, 1.807) is 12.1 Å². The summed E-state index contributed by atoms with van der Waals surface area (Å²) >= 11 is 0. The van der Waals surface area contributed by atoms with Crippen molar-refractivity contribution < 1.29 is 23.8 Å². The van der Waals surface area contributed by atoms with Gasteiger partial charge in [0.1, 0.15) is 5.75 Å². The predicted molar refractivity (Wildman–Crippen MR) is 160 cm³/mol. The Kier molecular flexibility index (Phi) is 9.02. The van der Waals surface area contributed by atoms with Crippen LogP contribution in [0.2, 0.25) is 0 Å². The van der Waals surface area contributed by atoms with Crippen molar-refractivity contribution in [2.45, 2.75) is 77.6 Å². The van der Waals surface area contributed by atoms with E-state index in [4.69, 9.17) is 14.2 Å². The van der Waals surface area contributed by atoms with Crippen LogP contribution >= 0.6 is 0 Å². The molecule has 40 heavy (non-hydrogen) atoms. The van der Waals surface area contributed by atoms with Crippen LogP contribution in [0.5, 0.6) is 5.75 Å². The van der Waals surface area contributed by atoms with Crippen LogP contribution in [0, 0.1) is 0 Å². The van der Waals surface area contributed by atoms with Gasteiger partial charge in [-0.15, -0.1) is 0 Å². The van der Waals surface area contributed by atoms with Crippen LogP contribution in [0.25, 0.3) is 22.3 Å². The summed E-state index contributed by atoms with van der Waals surface area (Å²) in [5, 5.41) is 0. The van der Waals surface area contributed by atoms with Crippen molar-refractivity contribution in [2.75, 3.05) is 20.3 Å². The molecule has 3 aromatic carbocycles. The first-order chi connectivity index (χ1) is 19.0. The van der Waals surface area contributed by atoms with Crippen molar-refractivity contribution in [1.29, 1.82) is 0 Å². The molecule has 0 aliphatic heterocycles. The number of fused-ring (bicyclic) bond motifs is 1. The van der Waals surface area contributed by atoms with Crippen molar-refractivity contribution in [3.63, 3.8) is 0 Å². The lowest BCUT2D eigenvalue weighted by Gasteiger charge is -2.42. The van der Waals surface area contributed by atoms with E-state index in [-0.39, 0.29) is 22.8 Å². The van der Waals surface area contributed by atoms with E-state index in [0.29, 0.717) is 18.8 Å². The highest BCUT2D eigenvalue weighted by molar-refractivity contribution is 5.90. The lowest BCUT2D eigenvalue weighted by Crippen LogP contribution is -2.33. The molecule has 5 nitrogen and oxygen atoms in total. The van der Waals surface area contributed by atoms with E-state index in [0.717, 1.165) is 53.7 Å². The van der Waals surface area contributed by atoms with Crippen molar-refractivity contribution in [3.8, 4) is 28.0 Å². The first-order valence-corrected chi connectivity index (χ1v) is 14.3. The number of methoxy groups -OCH3 is 1. The molecule has 0 N–H and O–H groups in total. The molecule has 0 fully saturated rings. The van der Waals surface area contributed by atoms with Crippen molar-refractivity contribution in [3.05, 3.63) is 77.4 Å². The summed E-state index contributed by atoms with van der Waals surface area (Å²) < 4.78 is 16.2. The van der Waals surface area contributed by atoms with E-state index >= 15 is 0 Å². The first-order valence-electron chi connectivity index (χ1n) is 14.3. The van der Waals surface area contributed by atoms with E-state index in [9.17, 15) is 9.59 Å². The van der Waals surface area contributed by atoms with Crippen LogP contribution < -0.4 is 4.74 Å². The molecule has 0 atom stereocenters. The third kappa shape index (κ3) is 6.75. The summed E-state index contributed by atoms with van der Waals surface area (Å²) in [6.45, 7) is 11.8. The average Bonchev–Trinajstić information content (AvgIpc) is 2.94. The standard InChI is InChI=1S/C35H42O5/c1-24(36)39-20-8-7-9-21-40-32-17-15-27(25-10-12-26(13-11-25)33(37)38-6)22-29(32)28-14-16-30-31(23-28)35(4,5)19-18-34(30,2)3/h10-17,22-23H,7-9,18-21H2,1-6H3. The van der Waals surface area contributed by atoms with Gasteiger partial charge < -0.3 is 14.2 Å². The zero-order valence-corrected chi connectivity index (χ0v) is 24.8. The largest absolute Gasteiger partial charge is 0.493 e. The Morgan fingerprint density at radius 2 is 1.35 bits per heavy atom. The Morgan fingerprint density at radius 3 is 2.02 bits per heavy atom. The minimum absolute atomic E-state index is 0.102. The molecule has 0 bridgehead atoms. The molecule has 0 saturated heterocycles. The molecule has 3 aromatic rings. The lowest BCUT2D eigenvalue weighted by atomic mass is 9.63. The maximum atomic E-state index is 11.9. The zero-order chi connectivity index (χ0) is 28.9. The second-order valence-corrected chi connectivity index (χ2v) is 12.1. The van der Waals surface area contributed by atoms with Crippen molar-refractivity contribution in [2.24, 2.45) is 0 Å². The molecule has 212 valence electrons. The number of ether oxygens (including phenoxy) is 3. The summed E-state index contributed by atoms with van der Waals surface area (Å²) in [6, 6.07) is 20.7. The van der Waals surface area contributed by atoms with Crippen LogP contribution in [-0.4, -0.2) is 32.3 Å². The quantitative estimate of drug-likeness (QED) is 0.191. The lowest BCUT2D eigenvalue weighted by molar-refractivity contribution is -0.141. The normalized spacial score (nSPS) is 15.2. The number of carbonyl (C=O) groups is 2. The van der Waals surface area contributed by atoms with E-state index < -0.39 is 0 Å². The topological polar surface area (TPSA) is 61.8 Å². The van der Waals surface area contributed by atoms with Crippen LogP contribution in [-0.2, 0) is 25.1 Å². The molecule has 0 heterocycles. The minimum Gasteiger partial charge on any atom is -0.493 e. The number of benzene rings is 3. The molecule has 5 heteroatoms. The molecular weight excluding hydrogens is 500 g/mol. The highest BCUT2D eigenvalue weighted by Crippen LogP contribution is 2.47. The van der Waals surface area contributed by atoms with Gasteiger partial charge in [-0.1, -0.05) is 64.1 Å². The molecule has 0 amide bonds. The summed E-state index contributed by atoms with van der Waals surface area (Å²) in [7, 11) is 1.39.